The van der Waals surface area contributed by atoms with Crippen LogP contribution in [0.4, 0.5) is 0 Å². The van der Waals surface area contributed by atoms with Gasteiger partial charge in [-0.05, 0) is 30.5 Å². The van der Waals surface area contributed by atoms with Gasteiger partial charge in [-0.3, -0.25) is 0 Å². The topological polar surface area (TPSA) is 23.8 Å². The van der Waals surface area contributed by atoms with Crippen molar-refractivity contribution in [3.63, 3.8) is 0 Å². The molecule has 62 valence electrons. The van der Waals surface area contributed by atoms with Crippen LogP contribution >= 0.6 is 15.9 Å². The van der Waals surface area contributed by atoms with Crippen molar-refractivity contribution in [1.82, 2.24) is 0 Å². The van der Waals surface area contributed by atoms with Crippen LogP contribution in [0.3, 0.4) is 0 Å². The van der Waals surface area contributed by atoms with Crippen LogP contribution in [0.2, 0.25) is 0 Å². The molecule has 1 rings (SSSR count). The molecule has 0 bridgehead atoms. The third kappa shape index (κ3) is 1.86. The molecule has 1 aromatic rings. The van der Waals surface area contributed by atoms with E-state index in [1.807, 2.05) is 26.0 Å². The molecule has 0 aromatic heterocycles. The Kier molecular flexibility index (Phi) is 2.88. The number of hydrogen-bond acceptors (Lipinski definition) is 1. The Morgan fingerprint density at radius 1 is 1.33 bits per heavy atom. The number of benzene rings is 1. The lowest BCUT2D eigenvalue weighted by molar-refractivity contribution is 1.21. The van der Waals surface area contributed by atoms with Gasteiger partial charge < -0.3 is 0 Å². The van der Waals surface area contributed by atoms with Crippen LogP contribution < -0.4 is 0 Å². The van der Waals surface area contributed by atoms with E-state index in [9.17, 15) is 0 Å². The molecule has 12 heavy (non-hydrogen) atoms. The highest BCUT2D eigenvalue weighted by Gasteiger charge is 2.01. The second-order valence-electron chi connectivity index (χ2n) is 2.88. The molecule has 0 unspecified atom stereocenters. The molecule has 0 amide bonds. The van der Waals surface area contributed by atoms with Crippen LogP contribution in [-0.2, 0) is 6.42 Å². The summed E-state index contributed by atoms with van der Waals surface area (Å²) in [4.78, 5) is 0. The molecule has 0 radical (unpaired) electrons. The first-order valence-electron chi connectivity index (χ1n) is 3.77. The van der Waals surface area contributed by atoms with Crippen LogP contribution in [0.1, 0.15) is 16.7 Å². The first kappa shape index (κ1) is 9.28. The Morgan fingerprint density at radius 2 is 1.83 bits per heavy atom. The maximum Gasteiger partial charge on any atom is 0.0669 e. The molecular formula is C10H10BrN. The third-order valence-electron chi connectivity index (χ3n) is 1.78. The summed E-state index contributed by atoms with van der Waals surface area (Å²) >= 11 is 3.48. The minimum absolute atomic E-state index is 0.495. The molecule has 0 heterocycles. The maximum absolute atomic E-state index is 8.51. The number of hydrogen-bond donors (Lipinski definition) is 0. The molecule has 0 fully saturated rings. The first-order chi connectivity index (χ1) is 5.65. The van der Waals surface area contributed by atoms with Crippen LogP contribution in [0.15, 0.2) is 16.6 Å². The number of nitriles is 1. The Bertz CT molecular complexity index is 313. The smallest absolute Gasteiger partial charge is 0.0669 e. The molecule has 0 aliphatic heterocycles. The zero-order chi connectivity index (χ0) is 9.14. The highest BCUT2D eigenvalue weighted by Crippen LogP contribution is 2.22. The monoisotopic (exact) mass is 223 g/mol. The van der Waals surface area contributed by atoms with Gasteiger partial charge in [0.15, 0.2) is 0 Å². The highest BCUT2D eigenvalue weighted by molar-refractivity contribution is 9.10. The molecule has 0 atom stereocenters. The van der Waals surface area contributed by atoms with Gasteiger partial charge in [-0.25, -0.2) is 0 Å². The Hall–Kier alpha value is -0.810. The average molecular weight is 224 g/mol. The molecule has 2 heteroatoms. The van der Waals surface area contributed by atoms with E-state index in [4.69, 9.17) is 5.26 Å². The van der Waals surface area contributed by atoms with E-state index in [0.29, 0.717) is 6.42 Å². The van der Waals surface area contributed by atoms with Gasteiger partial charge in [-0.1, -0.05) is 28.1 Å². The van der Waals surface area contributed by atoms with E-state index in [-0.39, 0.29) is 0 Å². The summed E-state index contributed by atoms with van der Waals surface area (Å²) < 4.78 is 1.14. The SMILES string of the molecule is Cc1cc(CC#N)cc(C)c1Br. The van der Waals surface area contributed by atoms with Crippen molar-refractivity contribution in [3.8, 4) is 6.07 Å². The number of aryl methyl sites for hydroxylation is 2. The van der Waals surface area contributed by atoms with Crippen molar-refractivity contribution in [2.24, 2.45) is 0 Å². The van der Waals surface area contributed by atoms with Gasteiger partial charge in [0.25, 0.3) is 0 Å². The van der Waals surface area contributed by atoms with Crippen LogP contribution in [0.25, 0.3) is 0 Å². The minimum atomic E-state index is 0.495. The summed E-state index contributed by atoms with van der Waals surface area (Å²) in [5.41, 5.74) is 3.48. The average Bonchev–Trinajstić information content (AvgIpc) is 2.01. The summed E-state index contributed by atoms with van der Waals surface area (Å²) in [6.07, 6.45) is 0.495. The van der Waals surface area contributed by atoms with Gasteiger partial charge >= 0.3 is 0 Å². The molecule has 0 saturated heterocycles. The van der Waals surface area contributed by atoms with Crippen molar-refractivity contribution in [1.29, 1.82) is 5.26 Å². The van der Waals surface area contributed by atoms with Crippen LogP contribution in [0.5, 0.6) is 0 Å². The molecule has 1 aromatic carbocycles. The minimum Gasteiger partial charge on any atom is -0.198 e. The van der Waals surface area contributed by atoms with Crippen molar-refractivity contribution < 1.29 is 0 Å². The summed E-state index contributed by atoms with van der Waals surface area (Å²) in [7, 11) is 0. The number of halogens is 1. The Balaban J connectivity index is 3.14. The third-order valence-corrected chi connectivity index (χ3v) is 3.03. The zero-order valence-corrected chi connectivity index (χ0v) is 8.77. The van der Waals surface area contributed by atoms with Crippen molar-refractivity contribution in [2.75, 3.05) is 0 Å². The molecule has 0 N–H and O–H groups in total. The van der Waals surface area contributed by atoms with Crippen LogP contribution in [-0.4, -0.2) is 0 Å². The number of rotatable bonds is 1. The Morgan fingerprint density at radius 3 is 2.25 bits per heavy atom. The van der Waals surface area contributed by atoms with E-state index < -0.39 is 0 Å². The molecule has 1 nitrogen and oxygen atoms in total. The van der Waals surface area contributed by atoms with Gasteiger partial charge in [-0.15, -0.1) is 0 Å². The first-order valence-corrected chi connectivity index (χ1v) is 4.57. The lowest BCUT2D eigenvalue weighted by Gasteiger charge is -2.04. The summed E-state index contributed by atoms with van der Waals surface area (Å²) in [5.74, 6) is 0. The fraction of sp³-hybridized carbons (Fsp3) is 0.300. The van der Waals surface area contributed by atoms with Gasteiger partial charge in [-0.2, -0.15) is 5.26 Å². The fourth-order valence-electron chi connectivity index (χ4n) is 1.23. The quantitative estimate of drug-likeness (QED) is 0.718. The highest BCUT2D eigenvalue weighted by atomic mass is 79.9. The molecule has 0 spiro atoms. The predicted octanol–water partition coefficient (Wildman–Crippen LogP) is 3.13. The number of nitrogens with zero attached hydrogens (tertiary/aromatic N) is 1. The predicted molar refractivity (Wildman–Crippen MR) is 52.9 cm³/mol. The van der Waals surface area contributed by atoms with Crippen molar-refractivity contribution in [2.45, 2.75) is 20.3 Å². The second kappa shape index (κ2) is 3.73. The standard InChI is InChI=1S/C10H10BrN/c1-7-5-9(3-4-12)6-8(2)10(7)11/h5-6H,3H2,1-2H3. The second-order valence-corrected chi connectivity index (χ2v) is 3.67. The Labute approximate surface area is 81.2 Å². The van der Waals surface area contributed by atoms with Gasteiger partial charge in [0.05, 0.1) is 12.5 Å². The van der Waals surface area contributed by atoms with E-state index in [1.165, 1.54) is 11.1 Å². The van der Waals surface area contributed by atoms with Crippen molar-refractivity contribution in [3.05, 3.63) is 33.3 Å². The molecule has 0 saturated carbocycles. The lowest BCUT2D eigenvalue weighted by Crippen LogP contribution is -1.87. The van der Waals surface area contributed by atoms with E-state index in [1.54, 1.807) is 0 Å². The van der Waals surface area contributed by atoms with Crippen LogP contribution in [0, 0.1) is 25.2 Å². The summed E-state index contributed by atoms with van der Waals surface area (Å²) in [5, 5.41) is 8.51. The van der Waals surface area contributed by atoms with E-state index in [2.05, 4.69) is 22.0 Å². The maximum atomic E-state index is 8.51. The van der Waals surface area contributed by atoms with E-state index in [0.717, 1.165) is 10.0 Å². The molecular weight excluding hydrogens is 214 g/mol. The van der Waals surface area contributed by atoms with Gasteiger partial charge in [0.2, 0.25) is 0 Å². The zero-order valence-electron chi connectivity index (χ0n) is 7.19. The van der Waals surface area contributed by atoms with Gasteiger partial charge in [0, 0.05) is 4.47 Å². The molecule has 0 aliphatic carbocycles. The normalized spacial score (nSPS) is 9.50. The van der Waals surface area contributed by atoms with E-state index >= 15 is 0 Å². The summed E-state index contributed by atoms with van der Waals surface area (Å²) in [6, 6.07) is 6.23. The van der Waals surface area contributed by atoms with Crippen molar-refractivity contribution >= 4 is 15.9 Å². The lowest BCUT2D eigenvalue weighted by atomic mass is 10.1. The largest absolute Gasteiger partial charge is 0.198 e. The van der Waals surface area contributed by atoms with Gasteiger partial charge in [0.1, 0.15) is 0 Å². The fourth-order valence-corrected chi connectivity index (χ4v) is 1.46. The summed E-state index contributed by atoms with van der Waals surface area (Å²) in [6.45, 7) is 4.08. The molecule has 0 aliphatic rings.